The Kier molecular flexibility index (Phi) is 5.94. The summed E-state index contributed by atoms with van der Waals surface area (Å²) >= 11 is 0. The molecule has 0 radical (unpaired) electrons. The third-order valence-corrected chi connectivity index (χ3v) is 3.39. The van der Waals surface area contributed by atoms with Gasteiger partial charge >= 0.3 is 5.97 Å². The molecule has 0 aliphatic carbocycles. The van der Waals surface area contributed by atoms with Crippen molar-refractivity contribution in [1.82, 2.24) is 0 Å². The zero-order valence-corrected chi connectivity index (χ0v) is 11.3. The van der Waals surface area contributed by atoms with Gasteiger partial charge in [0.25, 0.3) is 0 Å². The summed E-state index contributed by atoms with van der Waals surface area (Å²) in [7, 11) is 0. The highest BCUT2D eigenvalue weighted by Gasteiger charge is 2.50. The summed E-state index contributed by atoms with van der Waals surface area (Å²) in [4.78, 5) is 33.4. The average Bonchev–Trinajstić information content (AvgIpc) is 2.15. The molecule has 0 aromatic heterocycles. The summed E-state index contributed by atoms with van der Waals surface area (Å²) in [6.07, 6.45) is 0.420. The lowest BCUT2D eigenvalue weighted by Crippen LogP contribution is -2.47. The third-order valence-electron chi connectivity index (χ3n) is 3.39. The maximum absolute atomic E-state index is 11.7. The topological polar surface area (TPSA) is 97.5 Å². The number of carbonyl (C=O) groups excluding carboxylic acids is 1. The molecule has 0 aliphatic rings. The number of rotatable bonds is 8. The third kappa shape index (κ3) is 3.51. The van der Waals surface area contributed by atoms with Gasteiger partial charge in [-0.2, -0.15) is 0 Å². The van der Waals surface area contributed by atoms with Gasteiger partial charge in [-0.3, -0.25) is 19.7 Å². The Morgan fingerprint density at radius 3 is 2.11 bits per heavy atom. The first-order chi connectivity index (χ1) is 8.18. The Balaban J connectivity index is 5.51. The molecule has 0 saturated heterocycles. The zero-order valence-electron chi connectivity index (χ0n) is 11.3. The maximum Gasteiger partial charge on any atom is 0.317 e. The van der Waals surface area contributed by atoms with Gasteiger partial charge in [0.2, 0.25) is 6.54 Å². The van der Waals surface area contributed by atoms with E-state index in [0.717, 1.165) is 0 Å². The molecule has 1 unspecified atom stereocenters. The van der Waals surface area contributed by atoms with Gasteiger partial charge in [-0.15, -0.1) is 0 Å². The molecule has 0 bridgehead atoms. The molecule has 2 atom stereocenters. The summed E-state index contributed by atoms with van der Waals surface area (Å²) in [5.41, 5.74) is -1.64. The van der Waals surface area contributed by atoms with Crippen LogP contribution in [0.5, 0.6) is 0 Å². The summed E-state index contributed by atoms with van der Waals surface area (Å²) < 4.78 is 0. The van der Waals surface area contributed by atoms with Gasteiger partial charge in [-0.1, -0.05) is 20.8 Å². The molecular formula is C12H21NO5. The van der Waals surface area contributed by atoms with E-state index in [1.54, 1.807) is 6.92 Å². The van der Waals surface area contributed by atoms with Crippen LogP contribution in [0.15, 0.2) is 0 Å². The van der Waals surface area contributed by atoms with E-state index >= 15 is 0 Å². The number of ketones is 1. The fraction of sp³-hybridized carbons (Fsp3) is 0.833. The van der Waals surface area contributed by atoms with E-state index in [9.17, 15) is 24.8 Å². The molecule has 0 spiro atoms. The second-order valence-electron chi connectivity index (χ2n) is 5.03. The minimum Gasteiger partial charge on any atom is -0.480 e. The van der Waals surface area contributed by atoms with E-state index < -0.39 is 34.6 Å². The van der Waals surface area contributed by atoms with Gasteiger partial charge in [0, 0.05) is 10.8 Å². The van der Waals surface area contributed by atoms with Crippen molar-refractivity contribution in [2.24, 2.45) is 17.3 Å². The van der Waals surface area contributed by atoms with Crippen LogP contribution in [0.25, 0.3) is 0 Å². The number of nitro groups is 1. The Morgan fingerprint density at radius 2 is 1.89 bits per heavy atom. The van der Waals surface area contributed by atoms with Crippen molar-refractivity contribution >= 4 is 11.8 Å². The van der Waals surface area contributed by atoms with Crippen molar-refractivity contribution in [3.63, 3.8) is 0 Å². The summed E-state index contributed by atoms with van der Waals surface area (Å²) in [6, 6.07) is 0. The fourth-order valence-electron chi connectivity index (χ4n) is 2.48. The van der Waals surface area contributed by atoms with Crippen LogP contribution in [0.2, 0.25) is 0 Å². The molecule has 0 saturated carbocycles. The standard InChI is InChI=1S/C12H21NO5/c1-5-12(9(4)14,11(15)16)10(6-8(2)3)7-13(17)18/h8,10H,5-7H2,1-4H3,(H,15,16)/t10-,12?/m1/s1. The number of hydrogen-bond acceptors (Lipinski definition) is 4. The molecule has 0 rings (SSSR count). The summed E-state index contributed by atoms with van der Waals surface area (Å²) in [6.45, 7) is 6.01. The van der Waals surface area contributed by atoms with E-state index in [2.05, 4.69) is 0 Å². The first-order valence-electron chi connectivity index (χ1n) is 6.04. The Morgan fingerprint density at radius 1 is 1.39 bits per heavy atom. The molecule has 1 N–H and O–H groups in total. The molecule has 0 aromatic carbocycles. The van der Waals surface area contributed by atoms with Crippen LogP contribution in [-0.2, 0) is 9.59 Å². The van der Waals surface area contributed by atoms with Crippen molar-refractivity contribution in [1.29, 1.82) is 0 Å². The Hall–Kier alpha value is -1.46. The van der Waals surface area contributed by atoms with Crippen molar-refractivity contribution in [3.05, 3.63) is 10.1 Å². The van der Waals surface area contributed by atoms with Gasteiger partial charge < -0.3 is 5.11 Å². The molecule has 0 fully saturated rings. The first-order valence-corrected chi connectivity index (χ1v) is 6.04. The van der Waals surface area contributed by atoms with E-state index in [4.69, 9.17) is 0 Å². The van der Waals surface area contributed by atoms with Crippen molar-refractivity contribution < 1.29 is 19.6 Å². The zero-order chi connectivity index (χ0) is 14.5. The lowest BCUT2D eigenvalue weighted by Gasteiger charge is -2.32. The molecule has 6 nitrogen and oxygen atoms in total. The highest BCUT2D eigenvalue weighted by molar-refractivity contribution is 6.02. The molecule has 0 aromatic rings. The minimum atomic E-state index is -1.64. The number of carboxylic acids is 1. The van der Waals surface area contributed by atoms with Gasteiger partial charge in [-0.25, -0.2) is 0 Å². The minimum absolute atomic E-state index is 0.0723. The Labute approximate surface area is 107 Å². The van der Waals surface area contributed by atoms with E-state index in [1.807, 2.05) is 13.8 Å². The quantitative estimate of drug-likeness (QED) is 0.408. The van der Waals surface area contributed by atoms with Crippen LogP contribution in [0.3, 0.4) is 0 Å². The van der Waals surface area contributed by atoms with Crippen LogP contribution in [0, 0.1) is 27.4 Å². The highest BCUT2D eigenvalue weighted by atomic mass is 16.6. The second kappa shape index (κ2) is 6.47. The van der Waals surface area contributed by atoms with Gasteiger partial charge in [0.15, 0.2) is 0 Å². The van der Waals surface area contributed by atoms with Crippen LogP contribution < -0.4 is 0 Å². The van der Waals surface area contributed by atoms with Crippen LogP contribution in [-0.4, -0.2) is 28.3 Å². The first kappa shape index (κ1) is 16.5. The van der Waals surface area contributed by atoms with E-state index in [0.29, 0.717) is 6.42 Å². The van der Waals surface area contributed by atoms with Crippen LogP contribution >= 0.6 is 0 Å². The number of nitrogens with zero attached hydrogens (tertiary/aromatic N) is 1. The lowest BCUT2D eigenvalue weighted by atomic mass is 9.67. The highest BCUT2D eigenvalue weighted by Crippen LogP contribution is 2.37. The molecule has 0 heterocycles. The summed E-state index contributed by atoms with van der Waals surface area (Å²) in [5, 5.41) is 20.0. The lowest BCUT2D eigenvalue weighted by molar-refractivity contribution is -0.491. The van der Waals surface area contributed by atoms with Crippen LogP contribution in [0.4, 0.5) is 0 Å². The van der Waals surface area contributed by atoms with Crippen LogP contribution in [0.1, 0.15) is 40.5 Å². The molecular weight excluding hydrogens is 238 g/mol. The Bertz CT molecular complexity index is 323. The van der Waals surface area contributed by atoms with Gasteiger partial charge in [0.1, 0.15) is 11.2 Å². The van der Waals surface area contributed by atoms with Crippen molar-refractivity contribution in [3.8, 4) is 0 Å². The normalized spacial score (nSPS) is 16.1. The second-order valence-corrected chi connectivity index (χ2v) is 5.03. The molecule has 0 amide bonds. The number of carbonyl (C=O) groups is 2. The van der Waals surface area contributed by atoms with Gasteiger partial charge in [-0.05, 0) is 25.7 Å². The largest absolute Gasteiger partial charge is 0.480 e. The molecule has 0 aliphatic heterocycles. The SMILES string of the molecule is CCC(C(C)=O)(C(=O)O)[C@H](CC(C)C)C[N+](=O)[O-]. The number of hydrogen-bond donors (Lipinski definition) is 1. The molecule has 18 heavy (non-hydrogen) atoms. The average molecular weight is 259 g/mol. The monoisotopic (exact) mass is 259 g/mol. The fourth-order valence-corrected chi connectivity index (χ4v) is 2.48. The van der Waals surface area contributed by atoms with E-state index in [-0.39, 0.29) is 12.3 Å². The number of carboxylic acid groups (broad SMARTS) is 1. The number of Topliss-reactive ketones (excluding diaryl/α,β-unsaturated/α-hetero) is 1. The number of aliphatic carboxylic acids is 1. The maximum atomic E-state index is 11.7. The predicted octanol–water partition coefficient (Wildman–Crippen LogP) is 2.00. The predicted molar refractivity (Wildman–Crippen MR) is 65.8 cm³/mol. The summed E-state index contributed by atoms with van der Waals surface area (Å²) in [5.74, 6) is -2.44. The van der Waals surface area contributed by atoms with Crippen molar-refractivity contribution in [2.75, 3.05) is 6.54 Å². The van der Waals surface area contributed by atoms with Gasteiger partial charge in [0.05, 0.1) is 0 Å². The van der Waals surface area contributed by atoms with E-state index in [1.165, 1.54) is 6.92 Å². The smallest absolute Gasteiger partial charge is 0.317 e. The van der Waals surface area contributed by atoms with Crippen molar-refractivity contribution in [2.45, 2.75) is 40.5 Å². The molecule has 104 valence electrons. The molecule has 6 heteroatoms.